The number of fused-ring (bicyclic) bond motifs is 3. The van der Waals surface area contributed by atoms with Gasteiger partial charge in [-0.2, -0.15) is 23.8 Å². The van der Waals surface area contributed by atoms with Crippen LogP contribution in [0.4, 0.5) is 0 Å². The molecular weight excluding hydrogens is 476 g/mol. The zero-order valence-electron chi connectivity index (χ0n) is 22.0. The van der Waals surface area contributed by atoms with Gasteiger partial charge in [0, 0.05) is 0 Å². The molecule has 0 aliphatic heterocycles. The number of allylic oxidation sites excluding steroid dienone is 4. The predicted octanol–water partition coefficient (Wildman–Crippen LogP) is 8.47. The summed E-state index contributed by atoms with van der Waals surface area (Å²) in [7, 11) is 0. The van der Waals surface area contributed by atoms with E-state index in [0.717, 1.165) is 12.8 Å². The molecule has 1 fully saturated rings. The molecule has 0 unspecified atom stereocenters. The first-order valence-electron chi connectivity index (χ1n) is 12.4. The minimum absolute atomic E-state index is 0.163. The van der Waals surface area contributed by atoms with Crippen molar-refractivity contribution in [3.8, 4) is 11.1 Å². The van der Waals surface area contributed by atoms with Crippen LogP contribution >= 0.6 is 0 Å². The molecule has 0 amide bonds. The molecule has 0 bridgehead atoms. The molecule has 172 valence electrons. The summed E-state index contributed by atoms with van der Waals surface area (Å²) in [5.74, 6) is 0. The van der Waals surface area contributed by atoms with Crippen LogP contribution in [0.3, 0.4) is 0 Å². The van der Waals surface area contributed by atoms with Crippen LogP contribution in [0.5, 0.6) is 0 Å². The molecule has 0 N–H and O–H groups in total. The molecule has 0 atom stereocenters. The second-order valence-electron chi connectivity index (χ2n) is 11.7. The van der Waals surface area contributed by atoms with Crippen LogP contribution < -0.4 is 0 Å². The first kappa shape index (κ1) is 26.3. The molecule has 1 saturated carbocycles. The molecule has 1 heteroatoms. The number of hydrogen-bond acceptors (Lipinski definition) is 0. The van der Waals surface area contributed by atoms with Gasteiger partial charge in [0.25, 0.3) is 0 Å². The van der Waals surface area contributed by atoms with E-state index in [-0.39, 0.29) is 10.8 Å². The standard InChI is InChI=1S/C23H29.C5H5.C4H6.Zr/c1-14-9-16-11-17-10-15(2)21(23(6,7)8)13-19(17)18(16)12-20(14)22(3,4)5;1-2-4-5-3-1;1-2-4-3-1;/h9,12-13H,11H2,1-8H3;1-3H,4H2;1-3H2;/q2*-1;;+2. The maximum atomic E-state index is 3.69. The van der Waals surface area contributed by atoms with Gasteiger partial charge in [-0.3, -0.25) is 6.08 Å². The van der Waals surface area contributed by atoms with E-state index in [4.69, 9.17) is 0 Å². The summed E-state index contributed by atoms with van der Waals surface area (Å²) >= 11 is 1.67. The van der Waals surface area contributed by atoms with Crippen LogP contribution in [0.2, 0.25) is 0 Å². The number of aryl methyl sites for hydroxylation is 2. The summed E-state index contributed by atoms with van der Waals surface area (Å²) in [6.07, 6.45) is 15.4. The van der Waals surface area contributed by atoms with E-state index in [1.165, 1.54) is 63.8 Å². The van der Waals surface area contributed by atoms with Crippen molar-refractivity contribution < 1.29 is 24.2 Å². The zero-order chi connectivity index (χ0) is 24.4. The fraction of sp³-hybridized carbons (Fsp3) is 0.469. The van der Waals surface area contributed by atoms with Gasteiger partial charge in [0.1, 0.15) is 0 Å². The van der Waals surface area contributed by atoms with E-state index in [2.05, 4.69) is 91.8 Å². The molecule has 0 aromatic heterocycles. The molecular formula is C32H40Zr. The van der Waals surface area contributed by atoms with Crippen LogP contribution in [-0.4, -0.2) is 3.21 Å². The van der Waals surface area contributed by atoms with Crippen molar-refractivity contribution in [2.24, 2.45) is 0 Å². The first-order chi connectivity index (χ1) is 15.4. The van der Waals surface area contributed by atoms with Gasteiger partial charge in [-0.05, 0) is 35.4 Å². The summed E-state index contributed by atoms with van der Waals surface area (Å²) in [4.78, 5) is 0. The Morgan fingerprint density at radius 1 is 0.848 bits per heavy atom. The van der Waals surface area contributed by atoms with Gasteiger partial charge in [-0.25, -0.2) is 12.2 Å². The van der Waals surface area contributed by atoms with Crippen molar-refractivity contribution in [1.82, 2.24) is 0 Å². The number of rotatable bonds is 0. The van der Waals surface area contributed by atoms with Crippen LogP contribution in [0.25, 0.3) is 11.1 Å². The molecule has 0 spiro atoms. The van der Waals surface area contributed by atoms with E-state index in [9.17, 15) is 0 Å². The zero-order valence-corrected chi connectivity index (χ0v) is 24.5. The normalized spacial score (nSPS) is 15.8. The van der Waals surface area contributed by atoms with E-state index in [0.29, 0.717) is 0 Å². The SMILES string of the molecule is Cc1[c-]c2c(cc1C(C)(C)C)-c1cc(C(C)(C)C)c(C)cc1C2.[C-]1=CC=CC1.[Zr+2]=[C]1CCC1. The molecule has 2 aromatic carbocycles. The molecule has 33 heavy (non-hydrogen) atoms. The van der Waals surface area contributed by atoms with Gasteiger partial charge in [0.05, 0.1) is 0 Å². The Hall–Kier alpha value is -1.33. The van der Waals surface area contributed by atoms with Gasteiger partial charge >= 0.3 is 46.7 Å². The molecule has 0 radical (unpaired) electrons. The summed E-state index contributed by atoms with van der Waals surface area (Å²) in [5, 5.41) is 0. The van der Waals surface area contributed by atoms with Crippen LogP contribution in [0, 0.1) is 26.0 Å². The molecule has 3 aliphatic carbocycles. The number of hydrogen-bond donors (Lipinski definition) is 0. The second-order valence-corrected chi connectivity index (χ2v) is 13.4. The minimum atomic E-state index is 0.163. The fourth-order valence-electron chi connectivity index (χ4n) is 4.72. The van der Waals surface area contributed by atoms with E-state index in [1.807, 2.05) is 12.2 Å². The predicted molar refractivity (Wildman–Crippen MR) is 141 cm³/mol. The summed E-state index contributed by atoms with van der Waals surface area (Å²) in [5.41, 5.74) is 11.6. The average Bonchev–Trinajstić information content (AvgIpc) is 3.34. The second kappa shape index (κ2) is 10.5. The maximum absolute atomic E-state index is 3.69. The van der Waals surface area contributed by atoms with Crippen molar-refractivity contribution in [2.45, 2.75) is 98.3 Å². The van der Waals surface area contributed by atoms with E-state index in [1.54, 1.807) is 27.4 Å². The van der Waals surface area contributed by atoms with E-state index < -0.39 is 0 Å². The fourth-order valence-corrected chi connectivity index (χ4v) is 5.59. The molecule has 2 aromatic rings. The van der Waals surface area contributed by atoms with Gasteiger partial charge < -0.3 is 0 Å². The topological polar surface area (TPSA) is 0 Å². The van der Waals surface area contributed by atoms with Crippen molar-refractivity contribution in [3.63, 3.8) is 0 Å². The Bertz CT molecular complexity index is 997. The molecule has 3 aliphatic rings. The van der Waals surface area contributed by atoms with Crippen molar-refractivity contribution >= 4 is 3.21 Å². The molecule has 5 rings (SSSR count). The van der Waals surface area contributed by atoms with Gasteiger partial charge in [0.15, 0.2) is 0 Å². The number of benzene rings is 2. The third-order valence-electron chi connectivity index (χ3n) is 6.62. The van der Waals surface area contributed by atoms with Crippen LogP contribution in [-0.2, 0) is 41.5 Å². The van der Waals surface area contributed by atoms with Crippen LogP contribution in [0.15, 0.2) is 36.4 Å². The summed E-state index contributed by atoms with van der Waals surface area (Å²) in [6, 6.07) is 10.9. The van der Waals surface area contributed by atoms with Crippen LogP contribution in [0.1, 0.15) is 101 Å². The first-order valence-corrected chi connectivity index (χ1v) is 13.6. The quantitative estimate of drug-likeness (QED) is 0.263. The third-order valence-corrected chi connectivity index (χ3v) is 7.85. The monoisotopic (exact) mass is 514 g/mol. The molecule has 0 saturated heterocycles. The van der Waals surface area contributed by atoms with Gasteiger partial charge in [-0.1, -0.05) is 71.6 Å². The van der Waals surface area contributed by atoms with Gasteiger partial charge in [-0.15, -0.1) is 23.1 Å². The average molecular weight is 516 g/mol. The summed E-state index contributed by atoms with van der Waals surface area (Å²) < 4.78 is 1.78. The Labute approximate surface area is 217 Å². The Morgan fingerprint density at radius 3 is 1.88 bits per heavy atom. The Morgan fingerprint density at radius 2 is 1.45 bits per heavy atom. The van der Waals surface area contributed by atoms with Crippen molar-refractivity contribution in [3.05, 3.63) is 82.0 Å². The third kappa shape index (κ3) is 6.63. The Kier molecular flexibility index (Phi) is 8.38. The van der Waals surface area contributed by atoms with Crippen molar-refractivity contribution in [1.29, 1.82) is 0 Å². The molecule has 0 heterocycles. The summed E-state index contributed by atoms with van der Waals surface area (Å²) in [6.45, 7) is 18.2. The Balaban J connectivity index is 0.000000250. The molecule has 0 nitrogen and oxygen atoms in total. The van der Waals surface area contributed by atoms with E-state index >= 15 is 0 Å². The van der Waals surface area contributed by atoms with Crippen molar-refractivity contribution in [2.75, 3.05) is 0 Å². The van der Waals surface area contributed by atoms with Gasteiger partial charge in [0.2, 0.25) is 0 Å².